The molecular formula is C13H19NO2S. The number of hydrogen-bond acceptors (Lipinski definition) is 3. The van der Waals surface area contributed by atoms with Gasteiger partial charge in [-0.25, -0.2) is 0 Å². The predicted octanol–water partition coefficient (Wildman–Crippen LogP) is 2.79. The summed E-state index contributed by atoms with van der Waals surface area (Å²) < 4.78 is 0. The zero-order valence-corrected chi connectivity index (χ0v) is 11.5. The molecule has 0 aromatic heterocycles. The summed E-state index contributed by atoms with van der Waals surface area (Å²) in [4.78, 5) is 12.7. The van der Waals surface area contributed by atoms with Crippen molar-refractivity contribution in [3.63, 3.8) is 0 Å². The summed E-state index contributed by atoms with van der Waals surface area (Å²) in [6.45, 7) is 7.72. The minimum Gasteiger partial charge on any atom is -0.508 e. The lowest BCUT2D eigenvalue weighted by molar-refractivity contribution is -0.121. The van der Waals surface area contributed by atoms with Gasteiger partial charge in [0.2, 0.25) is 5.91 Å². The van der Waals surface area contributed by atoms with Crippen molar-refractivity contribution in [1.82, 2.24) is 5.32 Å². The maximum Gasteiger partial charge on any atom is 0.233 e. The van der Waals surface area contributed by atoms with Crippen molar-refractivity contribution in [2.45, 2.75) is 43.4 Å². The minimum atomic E-state index is -0.218. The van der Waals surface area contributed by atoms with Crippen LogP contribution in [0.25, 0.3) is 0 Å². The fourth-order valence-corrected chi connectivity index (χ4v) is 2.21. The molecule has 1 unspecified atom stereocenters. The van der Waals surface area contributed by atoms with E-state index in [-0.39, 0.29) is 22.4 Å². The van der Waals surface area contributed by atoms with Crippen molar-refractivity contribution in [2.75, 3.05) is 0 Å². The molecule has 2 N–H and O–H groups in total. The van der Waals surface area contributed by atoms with Crippen LogP contribution in [0, 0.1) is 0 Å². The van der Waals surface area contributed by atoms with Crippen molar-refractivity contribution < 1.29 is 9.90 Å². The Bertz CT molecular complexity index is 399. The van der Waals surface area contributed by atoms with Crippen LogP contribution < -0.4 is 5.32 Å². The molecule has 94 valence electrons. The van der Waals surface area contributed by atoms with E-state index in [0.717, 1.165) is 4.90 Å². The molecule has 1 aromatic rings. The molecule has 0 bridgehead atoms. The zero-order chi connectivity index (χ0) is 13.1. The topological polar surface area (TPSA) is 49.3 Å². The fraction of sp³-hybridized carbons (Fsp3) is 0.462. The first-order chi connectivity index (χ1) is 7.78. The van der Waals surface area contributed by atoms with E-state index in [1.807, 2.05) is 33.8 Å². The number of nitrogens with one attached hydrogen (secondary N) is 1. The fourth-order valence-electron chi connectivity index (χ4n) is 1.29. The van der Waals surface area contributed by atoms with Crippen LogP contribution in [0.5, 0.6) is 5.75 Å². The molecule has 0 spiro atoms. The molecule has 0 aliphatic carbocycles. The van der Waals surface area contributed by atoms with Gasteiger partial charge in [0, 0.05) is 10.4 Å². The van der Waals surface area contributed by atoms with Crippen molar-refractivity contribution in [3.8, 4) is 5.75 Å². The Balaban J connectivity index is 2.60. The van der Waals surface area contributed by atoms with Gasteiger partial charge in [0.05, 0.1) is 5.25 Å². The van der Waals surface area contributed by atoms with E-state index >= 15 is 0 Å². The van der Waals surface area contributed by atoms with Gasteiger partial charge in [0.1, 0.15) is 5.75 Å². The van der Waals surface area contributed by atoms with Crippen LogP contribution in [0.1, 0.15) is 27.7 Å². The number of carbonyl (C=O) groups excluding carboxylic acids is 1. The minimum absolute atomic E-state index is 0.00541. The number of amides is 1. The van der Waals surface area contributed by atoms with Gasteiger partial charge in [0.25, 0.3) is 0 Å². The number of aromatic hydroxyl groups is 1. The Kier molecular flexibility index (Phi) is 4.46. The van der Waals surface area contributed by atoms with E-state index < -0.39 is 0 Å². The molecule has 17 heavy (non-hydrogen) atoms. The number of carbonyl (C=O) groups is 1. The van der Waals surface area contributed by atoms with Crippen molar-refractivity contribution in [1.29, 1.82) is 0 Å². The Morgan fingerprint density at radius 1 is 1.41 bits per heavy atom. The Labute approximate surface area is 107 Å². The van der Waals surface area contributed by atoms with Gasteiger partial charge in [-0.05, 0) is 45.9 Å². The summed E-state index contributed by atoms with van der Waals surface area (Å²) in [6.07, 6.45) is 0. The molecule has 4 heteroatoms. The number of benzene rings is 1. The van der Waals surface area contributed by atoms with E-state index in [4.69, 9.17) is 0 Å². The molecule has 1 amide bonds. The van der Waals surface area contributed by atoms with E-state index in [0.29, 0.717) is 0 Å². The van der Waals surface area contributed by atoms with Crippen LogP contribution in [0.3, 0.4) is 0 Å². The number of phenols is 1. The summed E-state index contributed by atoms with van der Waals surface area (Å²) in [7, 11) is 0. The van der Waals surface area contributed by atoms with Gasteiger partial charge in [0.15, 0.2) is 0 Å². The molecule has 0 aliphatic heterocycles. The first kappa shape index (κ1) is 13.9. The van der Waals surface area contributed by atoms with E-state index in [1.54, 1.807) is 18.2 Å². The Morgan fingerprint density at radius 3 is 2.59 bits per heavy atom. The van der Waals surface area contributed by atoms with Gasteiger partial charge in [-0.15, -0.1) is 11.8 Å². The average molecular weight is 253 g/mol. The van der Waals surface area contributed by atoms with E-state index in [9.17, 15) is 9.90 Å². The molecule has 1 atom stereocenters. The molecule has 0 heterocycles. The number of rotatable bonds is 3. The third-order valence-corrected chi connectivity index (χ3v) is 3.09. The van der Waals surface area contributed by atoms with Crippen molar-refractivity contribution in [3.05, 3.63) is 24.3 Å². The second kappa shape index (κ2) is 5.45. The normalized spacial score (nSPS) is 13.2. The predicted molar refractivity (Wildman–Crippen MR) is 71.3 cm³/mol. The van der Waals surface area contributed by atoms with Crippen LogP contribution >= 0.6 is 11.8 Å². The average Bonchev–Trinajstić information content (AvgIpc) is 2.14. The van der Waals surface area contributed by atoms with Crippen LogP contribution in [-0.2, 0) is 4.79 Å². The third kappa shape index (κ3) is 5.13. The van der Waals surface area contributed by atoms with E-state index in [1.165, 1.54) is 11.8 Å². The number of thioether (sulfide) groups is 1. The molecule has 0 fully saturated rings. The maximum absolute atomic E-state index is 11.9. The summed E-state index contributed by atoms with van der Waals surface area (Å²) >= 11 is 1.43. The SMILES string of the molecule is CC(Sc1cccc(O)c1)C(=O)NC(C)(C)C. The van der Waals surface area contributed by atoms with Gasteiger partial charge >= 0.3 is 0 Å². The van der Waals surface area contributed by atoms with Crippen LogP contribution in [0.15, 0.2) is 29.2 Å². The maximum atomic E-state index is 11.9. The third-order valence-electron chi connectivity index (χ3n) is 2.00. The Morgan fingerprint density at radius 2 is 2.06 bits per heavy atom. The van der Waals surface area contributed by atoms with Crippen molar-refractivity contribution >= 4 is 17.7 Å². The van der Waals surface area contributed by atoms with Crippen LogP contribution in [0.4, 0.5) is 0 Å². The molecule has 3 nitrogen and oxygen atoms in total. The number of phenolic OH excluding ortho intramolecular Hbond substituents is 1. The monoisotopic (exact) mass is 253 g/mol. The first-order valence-electron chi connectivity index (χ1n) is 5.55. The molecule has 1 aromatic carbocycles. The van der Waals surface area contributed by atoms with Crippen LogP contribution in [0.2, 0.25) is 0 Å². The Hall–Kier alpha value is -1.16. The lowest BCUT2D eigenvalue weighted by Crippen LogP contribution is -2.44. The van der Waals surface area contributed by atoms with Crippen molar-refractivity contribution in [2.24, 2.45) is 0 Å². The quantitative estimate of drug-likeness (QED) is 0.814. The standard InChI is InChI=1S/C13H19NO2S/c1-9(12(16)14-13(2,3)4)17-11-7-5-6-10(15)8-11/h5-9,15H,1-4H3,(H,14,16). The van der Waals surface area contributed by atoms with Gasteiger partial charge in [-0.1, -0.05) is 6.07 Å². The smallest absolute Gasteiger partial charge is 0.233 e. The van der Waals surface area contributed by atoms with Gasteiger partial charge < -0.3 is 10.4 Å². The second-order valence-electron chi connectivity index (χ2n) is 5.00. The molecular weight excluding hydrogens is 234 g/mol. The molecule has 0 aliphatic rings. The highest BCUT2D eigenvalue weighted by Gasteiger charge is 2.19. The molecule has 0 radical (unpaired) electrons. The molecule has 1 rings (SSSR count). The summed E-state index contributed by atoms with van der Waals surface area (Å²) in [6, 6.07) is 6.92. The van der Waals surface area contributed by atoms with Gasteiger partial charge in [-0.2, -0.15) is 0 Å². The summed E-state index contributed by atoms with van der Waals surface area (Å²) in [5.74, 6) is 0.226. The second-order valence-corrected chi connectivity index (χ2v) is 6.41. The highest BCUT2D eigenvalue weighted by molar-refractivity contribution is 8.00. The van der Waals surface area contributed by atoms with E-state index in [2.05, 4.69) is 5.32 Å². The molecule has 0 saturated carbocycles. The zero-order valence-electron chi connectivity index (χ0n) is 10.7. The lowest BCUT2D eigenvalue weighted by atomic mass is 10.1. The lowest BCUT2D eigenvalue weighted by Gasteiger charge is -2.23. The first-order valence-corrected chi connectivity index (χ1v) is 6.43. The number of hydrogen-bond donors (Lipinski definition) is 2. The highest BCUT2D eigenvalue weighted by atomic mass is 32.2. The van der Waals surface area contributed by atoms with Crippen LogP contribution in [-0.4, -0.2) is 21.8 Å². The highest BCUT2D eigenvalue weighted by Crippen LogP contribution is 2.26. The summed E-state index contributed by atoms with van der Waals surface area (Å²) in [5.41, 5.74) is -0.218. The molecule has 0 saturated heterocycles. The summed E-state index contributed by atoms with van der Waals surface area (Å²) in [5, 5.41) is 12.1. The largest absolute Gasteiger partial charge is 0.508 e. The van der Waals surface area contributed by atoms with Gasteiger partial charge in [-0.3, -0.25) is 4.79 Å².